The number of hydrogen-bond donors (Lipinski definition) is 1. The summed E-state index contributed by atoms with van der Waals surface area (Å²) in [5, 5.41) is 1.40. The molecule has 0 spiro atoms. The smallest absolute Gasteiger partial charge is 0.0486 e. The van der Waals surface area contributed by atoms with Crippen LogP contribution in [0.1, 0.15) is 43.7 Å². The molecular formula is C14H19N. The SMILES string of the molecule is CCCC(C)c1c[nH]c2c(C)cccc12. The van der Waals surface area contributed by atoms with Crippen molar-refractivity contribution in [1.29, 1.82) is 0 Å². The predicted molar refractivity (Wildman–Crippen MR) is 66.4 cm³/mol. The van der Waals surface area contributed by atoms with E-state index in [2.05, 4.69) is 50.2 Å². The molecule has 0 aliphatic heterocycles. The molecule has 1 N–H and O–H groups in total. The molecule has 0 amide bonds. The molecule has 0 aliphatic carbocycles. The summed E-state index contributed by atoms with van der Waals surface area (Å²) in [5.41, 5.74) is 4.11. The fourth-order valence-corrected chi connectivity index (χ4v) is 2.32. The van der Waals surface area contributed by atoms with Crippen LogP contribution in [-0.4, -0.2) is 4.98 Å². The Bertz CT molecular complexity index is 453. The summed E-state index contributed by atoms with van der Waals surface area (Å²) in [6.45, 7) is 6.72. The Kier molecular flexibility index (Phi) is 2.81. The highest BCUT2D eigenvalue weighted by Crippen LogP contribution is 2.29. The van der Waals surface area contributed by atoms with Gasteiger partial charge in [0.2, 0.25) is 0 Å². The van der Waals surface area contributed by atoms with E-state index in [0.29, 0.717) is 5.92 Å². The topological polar surface area (TPSA) is 15.8 Å². The molecule has 1 heteroatoms. The minimum Gasteiger partial charge on any atom is -0.361 e. The van der Waals surface area contributed by atoms with Crippen molar-refractivity contribution in [3.8, 4) is 0 Å². The summed E-state index contributed by atoms with van der Waals surface area (Å²) in [7, 11) is 0. The minimum atomic E-state index is 0.658. The molecule has 2 rings (SSSR count). The number of H-pyrrole nitrogens is 1. The maximum absolute atomic E-state index is 3.40. The zero-order valence-electron chi connectivity index (χ0n) is 9.80. The maximum atomic E-state index is 3.40. The quantitative estimate of drug-likeness (QED) is 0.758. The lowest BCUT2D eigenvalue weighted by molar-refractivity contribution is 0.669. The van der Waals surface area contributed by atoms with E-state index in [1.54, 1.807) is 0 Å². The molecule has 1 atom stereocenters. The summed E-state index contributed by atoms with van der Waals surface area (Å²) < 4.78 is 0. The molecule has 0 aliphatic rings. The van der Waals surface area contributed by atoms with Crippen molar-refractivity contribution in [3.05, 3.63) is 35.5 Å². The first-order chi connectivity index (χ1) is 7.24. The minimum absolute atomic E-state index is 0.658. The van der Waals surface area contributed by atoms with E-state index in [-0.39, 0.29) is 0 Å². The number of hydrogen-bond acceptors (Lipinski definition) is 0. The van der Waals surface area contributed by atoms with Crippen molar-refractivity contribution in [2.24, 2.45) is 0 Å². The van der Waals surface area contributed by atoms with Gasteiger partial charge in [0.25, 0.3) is 0 Å². The van der Waals surface area contributed by atoms with Crippen molar-refractivity contribution in [1.82, 2.24) is 4.98 Å². The third kappa shape index (κ3) is 1.79. The second kappa shape index (κ2) is 4.09. The molecule has 0 radical (unpaired) electrons. The zero-order valence-corrected chi connectivity index (χ0v) is 9.80. The third-order valence-corrected chi connectivity index (χ3v) is 3.21. The largest absolute Gasteiger partial charge is 0.361 e. The van der Waals surface area contributed by atoms with Crippen LogP contribution in [-0.2, 0) is 0 Å². The monoisotopic (exact) mass is 201 g/mol. The van der Waals surface area contributed by atoms with E-state index in [4.69, 9.17) is 0 Å². The lowest BCUT2D eigenvalue weighted by Crippen LogP contribution is -1.90. The van der Waals surface area contributed by atoms with Crippen LogP contribution in [0.2, 0.25) is 0 Å². The van der Waals surface area contributed by atoms with Gasteiger partial charge < -0.3 is 4.98 Å². The summed E-state index contributed by atoms with van der Waals surface area (Å²) in [6.07, 6.45) is 4.69. The van der Waals surface area contributed by atoms with Gasteiger partial charge in [-0.25, -0.2) is 0 Å². The molecule has 80 valence electrons. The van der Waals surface area contributed by atoms with E-state index in [1.165, 1.54) is 34.9 Å². The van der Waals surface area contributed by atoms with Crippen LogP contribution in [0.25, 0.3) is 10.9 Å². The fraction of sp³-hybridized carbons (Fsp3) is 0.429. The van der Waals surface area contributed by atoms with E-state index in [9.17, 15) is 0 Å². The molecule has 2 aromatic rings. The highest BCUT2D eigenvalue weighted by molar-refractivity contribution is 5.86. The first kappa shape index (κ1) is 10.3. The van der Waals surface area contributed by atoms with Gasteiger partial charge in [-0.1, -0.05) is 38.5 Å². The van der Waals surface area contributed by atoms with Crippen LogP contribution in [0.5, 0.6) is 0 Å². The Morgan fingerprint density at radius 2 is 2.13 bits per heavy atom. The molecular weight excluding hydrogens is 182 g/mol. The van der Waals surface area contributed by atoms with Crippen LogP contribution in [0, 0.1) is 6.92 Å². The number of nitrogens with one attached hydrogen (secondary N) is 1. The van der Waals surface area contributed by atoms with Crippen LogP contribution >= 0.6 is 0 Å². The molecule has 1 aromatic heterocycles. The van der Waals surface area contributed by atoms with Crippen molar-refractivity contribution in [2.75, 3.05) is 0 Å². The number of para-hydroxylation sites is 1. The van der Waals surface area contributed by atoms with Gasteiger partial charge in [0, 0.05) is 17.1 Å². The third-order valence-electron chi connectivity index (χ3n) is 3.21. The van der Waals surface area contributed by atoms with Crippen molar-refractivity contribution in [3.63, 3.8) is 0 Å². The van der Waals surface area contributed by atoms with Gasteiger partial charge in [-0.15, -0.1) is 0 Å². The number of benzene rings is 1. The Hall–Kier alpha value is -1.24. The average Bonchev–Trinajstić information content (AvgIpc) is 2.63. The first-order valence-electron chi connectivity index (χ1n) is 5.80. The second-order valence-electron chi connectivity index (χ2n) is 4.43. The fourth-order valence-electron chi connectivity index (χ4n) is 2.32. The van der Waals surface area contributed by atoms with Gasteiger partial charge in [-0.05, 0) is 30.4 Å². The molecule has 1 unspecified atom stereocenters. The summed E-state index contributed by atoms with van der Waals surface area (Å²) in [4.78, 5) is 3.40. The van der Waals surface area contributed by atoms with Crippen molar-refractivity contribution < 1.29 is 0 Å². The average molecular weight is 201 g/mol. The molecule has 0 saturated carbocycles. The van der Waals surface area contributed by atoms with Gasteiger partial charge in [-0.3, -0.25) is 0 Å². The predicted octanol–water partition coefficient (Wildman–Crippen LogP) is 4.38. The second-order valence-corrected chi connectivity index (χ2v) is 4.43. The summed E-state index contributed by atoms with van der Waals surface area (Å²) in [6, 6.07) is 6.53. The standard InChI is InChI=1S/C14H19N/c1-4-6-10(2)13-9-15-14-11(3)7-5-8-12(13)14/h5,7-10,15H,4,6H2,1-3H3. The van der Waals surface area contributed by atoms with Gasteiger partial charge >= 0.3 is 0 Å². The van der Waals surface area contributed by atoms with E-state index in [0.717, 1.165) is 0 Å². The molecule has 0 fully saturated rings. The van der Waals surface area contributed by atoms with Crippen molar-refractivity contribution >= 4 is 10.9 Å². The Labute approximate surface area is 91.5 Å². The number of rotatable bonds is 3. The van der Waals surface area contributed by atoms with E-state index in [1.807, 2.05) is 0 Å². The van der Waals surface area contributed by atoms with Gasteiger partial charge in [0.1, 0.15) is 0 Å². The van der Waals surface area contributed by atoms with Crippen LogP contribution in [0.15, 0.2) is 24.4 Å². The lowest BCUT2D eigenvalue weighted by Gasteiger charge is -2.08. The molecule has 15 heavy (non-hydrogen) atoms. The van der Waals surface area contributed by atoms with Gasteiger partial charge in [0.15, 0.2) is 0 Å². The van der Waals surface area contributed by atoms with Gasteiger partial charge in [0.05, 0.1) is 0 Å². The maximum Gasteiger partial charge on any atom is 0.0486 e. The highest BCUT2D eigenvalue weighted by atomic mass is 14.7. The number of aryl methyl sites for hydroxylation is 1. The van der Waals surface area contributed by atoms with E-state index < -0.39 is 0 Å². The Balaban J connectivity index is 2.49. The van der Waals surface area contributed by atoms with Crippen LogP contribution in [0.3, 0.4) is 0 Å². The van der Waals surface area contributed by atoms with Gasteiger partial charge in [-0.2, -0.15) is 0 Å². The first-order valence-corrected chi connectivity index (χ1v) is 5.80. The van der Waals surface area contributed by atoms with Crippen molar-refractivity contribution in [2.45, 2.75) is 39.5 Å². The number of aromatic nitrogens is 1. The molecule has 0 saturated heterocycles. The normalized spacial score (nSPS) is 13.3. The summed E-state index contributed by atoms with van der Waals surface area (Å²) in [5.74, 6) is 0.658. The molecule has 1 aromatic carbocycles. The number of aromatic amines is 1. The van der Waals surface area contributed by atoms with Crippen LogP contribution in [0.4, 0.5) is 0 Å². The molecule has 1 nitrogen and oxygen atoms in total. The lowest BCUT2D eigenvalue weighted by atomic mass is 9.95. The molecule has 1 heterocycles. The molecule has 0 bridgehead atoms. The summed E-state index contributed by atoms with van der Waals surface area (Å²) >= 11 is 0. The van der Waals surface area contributed by atoms with E-state index >= 15 is 0 Å². The van der Waals surface area contributed by atoms with Crippen LogP contribution < -0.4 is 0 Å². The Morgan fingerprint density at radius 1 is 1.33 bits per heavy atom. The number of fused-ring (bicyclic) bond motifs is 1. The Morgan fingerprint density at radius 3 is 2.87 bits per heavy atom. The zero-order chi connectivity index (χ0) is 10.8. The highest BCUT2D eigenvalue weighted by Gasteiger charge is 2.10.